The zero-order valence-corrected chi connectivity index (χ0v) is 27.1. The largest absolute Gasteiger partial charge is 0.336 e. The Labute approximate surface area is 267 Å². The lowest BCUT2D eigenvalue weighted by molar-refractivity contribution is 0.102. The third-order valence-electron chi connectivity index (χ3n) is 8.84. The van der Waals surface area contributed by atoms with E-state index in [4.69, 9.17) is 4.98 Å². The van der Waals surface area contributed by atoms with Crippen LogP contribution in [-0.4, -0.2) is 64.5 Å². The van der Waals surface area contributed by atoms with Crippen molar-refractivity contribution in [2.75, 3.05) is 49.9 Å². The van der Waals surface area contributed by atoms with E-state index < -0.39 is 0 Å². The molecule has 8 nitrogen and oxygen atoms in total. The molecule has 1 fully saturated rings. The molecule has 0 radical (unpaired) electrons. The molecule has 1 aliphatic heterocycles. The molecular formula is C37H46N6O2. The molecule has 0 unspecified atom stereocenters. The molecule has 2 N–H and O–H groups in total. The van der Waals surface area contributed by atoms with Crippen molar-refractivity contribution in [2.24, 2.45) is 7.05 Å². The van der Waals surface area contributed by atoms with Gasteiger partial charge in [0.25, 0.3) is 11.5 Å². The minimum atomic E-state index is -0.208. The number of nitrogens with zero attached hydrogens (tertiary/aromatic N) is 4. The fourth-order valence-electron chi connectivity index (χ4n) is 5.89. The minimum absolute atomic E-state index is 0.125. The molecule has 1 aliphatic rings. The van der Waals surface area contributed by atoms with E-state index in [0.717, 1.165) is 93.0 Å². The number of amides is 1. The fraction of sp³-hybridized carbons (Fsp3) is 0.378. The highest BCUT2D eigenvalue weighted by molar-refractivity contribution is 6.06. The quantitative estimate of drug-likeness (QED) is 0.198. The lowest BCUT2D eigenvalue weighted by Crippen LogP contribution is -2.46. The van der Waals surface area contributed by atoms with Crippen molar-refractivity contribution in [3.63, 3.8) is 0 Å². The average Bonchev–Trinajstić information content (AvgIpc) is 3.06. The number of likely N-dealkylation sites (N-methyl/N-ethyl adjacent to an activating group) is 1. The third kappa shape index (κ3) is 8.07. The van der Waals surface area contributed by atoms with Crippen LogP contribution in [0.15, 0.2) is 77.7 Å². The average molecular weight is 607 g/mol. The lowest BCUT2D eigenvalue weighted by atomic mass is 10.0. The summed E-state index contributed by atoms with van der Waals surface area (Å²) in [5.74, 6) is 0.135. The van der Waals surface area contributed by atoms with Gasteiger partial charge in [-0.15, -0.1) is 0 Å². The Morgan fingerprint density at radius 2 is 1.62 bits per heavy atom. The van der Waals surface area contributed by atoms with E-state index in [1.54, 1.807) is 17.8 Å². The number of piperazine rings is 1. The predicted octanol–water partition coefficient (Wildman–Crippen LogP) is 6.27. The number of nitrogens with one attached hydrogen (secondary N) is 2. The first-order valence-electron chi connectivity index (χ1n) is 16.2. The molecule has 8 heteroatoms. The summed E-state index contributed by atoms with van der Waals surface area (Å²) in [6.45, 7) is 13.1. The van der Waals surface area contributed by atoms with Gasteiger partial charge in [-0.25, -0.2) is 4.98 Å². The van der Waals surface area contributed by atoms with Crippen molar-refractivity contribution in [3.8, 4) is 11.3 Å². The van der Waals surface area contributed by atoms with E-state index in [0.29, 0.717) is 11.3 Å². The number of rotatable bonds is 12. The molecule has 0 atom stereocenters. The van der Waals surface area contributed by atoms with Gasteiger partial charge in [0.05, 0.1) is 5.69 Å². The zero-order valence-electron chi connectivity index (χ0n) is 27.1. The van der Waals surface area contributed by atoms with Gasteiger partial charge in [-0.3, -0.25) is 9.59 Å². The monoisotopic (exact) mass is 606 g/mol. The van der Waals surface area contributed by atoms with Crippen molar-refractivity contribution >= 4 is 23.1 Å². The standard InChI is InChI=1S/C37H46N6O2/c1-5-7-11-29-12-8-9-13-32(29)36(44)40-33-15-10-14-31(27(33)3)34-26-41(4)37(45)35(39-34)38-30-18-16-28(17-19-30)20-21-43-24-22-42(6-2)23-25-43/h8-10,12-19,26H,5-7,11,20-25H2,1-4H3,(H,38,39)(H,40,44). The minimum Gasteiger partial charge on any atom is -0.336 e. The van der Waals surface area contributed by atoms with Crippen molar-refractivity contribution in [1.82, 2.24) is 19.4 Å². The van der Waals surface area contributed by atoms with Gasteiger partial charge >= 0.3 is 0 Å². The molecule has 236 valence electrons. The summed E-state index contributed by atoms with van der Waals surface area (Å²) in [5.41, 5.74) is 6.73. The Morgan fingerprint density at radius 1 is 0.889 bits per heavy atom. The van der Waals surface area contributed by atoms with E-state index in [1.807, 2.05) is 61.5 Å². The van der Waals surface area contributed by atoms with Crippen LogP contribution >= 0.6 is 0 Å². The second-order valence-electron chi connectivity index (χ2n) is 11.9. The number of carbonyl (C=O) groups is 1. The lowest BCUT2D eigenvalue weighted by Gasteiger charge is -2.34. The molecule has 4 aromatic rings. The smallest absolute Gasteiger partial charge is 0.293 e. The van der Waals surface area contributed by atoms with Crippen LogP contribution in [0.3, 0.4) is 0 Å². The first kappa shape index (κ1) is 32.1. The molecule has 2 heterocycles. The summed E-state index contributed by atoms with van der Waals surface area (Å²) < 4.78 is 1.55. The molecule has 0 bridgehead atoms. The van der Waals surface area contributed by atoms with Crippen LogP contribution < -0.4 is 16.2 Å². The predicted molar refractivity (Wildman–Crippen MR) is 185 cm³/mol. The van der Waals surface area contributed by atoms with Crippen LogP contribution in [0.5, 0.6) is 0 Å². The van der Waals surface area contributed by atoms with Gasteiger partial charge in [0.15, 0.2) is 5.82 Å². The first-order chi connectivity index (χ1) is 21.9. The summed E-state index contributed by atoms with van der Waals surface area (Å²) in [6, 6.07) is 21.8. The second-order valence-corrected chi connectivity index (χ2v) is 11.9. The highest BCUT2D eigenvalue weighted by Crippen LogP contribution is 2.28. The number of benzene rings is 3. The van der Waals surface area contributed by atoms with Crippen LogP contribution in [0.4, 0.5) is 17.2 Å². The maximum Gasteiger partial charge on any atom is 0.293 e. The number of aromatic nitrogens is 2. The van der Waals surface area contributed by atoms with Crippen molar-refractivity contribution < 1.29 is 4.79 Å². The summed E-state index contributed by atoms with van der Waals surface area (Å²) >= 11 is 0. The Balaban J connectivity index is 1.29. The van der Waals surface area contributed by atoms with Crippen LogP contribution in [0, 0.1) is 6.92 Å². The van der Waals surface area contributed by atoms with Gasteiger partial charge in [-0.2, -0.15) is 0 Å². The molecule has 45 heavy (non-hydrogen) atoms. The van der Waals surface area contributed by atoms with E-state index >= 15 is 0 Å². The zero-order chi connectivity index (χ0) is 31.8. The number of anilines is 3. The highest BCUT2D eigenvalue weighted by atomic mass is 16.1. The van der Waals surface area contributed by atoms with E-state index in [2.05, 4.69) is 46.4 Å². The summed E-state index contributed by atoms with van der Waals surface area (Å²) in [7, 11) is 1.73. The highest BCUT2D eigenvalue weighted by Gasteiger charge is 2.17. The van der Waals surface area contributed by atoms with Gasteiger partial charge in [0, 0.05) is 68.5 Å². The molecule has 1 saturated heterocycles. The van der Waals surface area contributed by atoms with E-state index in [1.165, 1.54) is 5.56 Å². The number of hydrogen-bond acceptors (Lipinski definition) is 6. The molecular weight excluding hydrogens is 560 g/mol. The topological polar surface area (TPSA) is 82.5 Å². The SMILES string of the molecule is CCCCc1ccccc1C(=O)Nc1cccc(-c2cn(C)c(=O)c(Nc3ccc(CCN4CCN(CC)CC4)cc3)n2)c1C. The molecule has 1 aromatic heterocycles. The van der Waals surface area contributed by atoms with Gasteiger partial charge in [0.2, 0.25) is 0 Å². The van der Waals surface area contributed by atoms with Crippen molar-refractivity contribution in [1.29, 1.82) is 0 Å². The fourth-order valence-corrected chi connectivity index (χ4v) is 5.89. The van der Waals surface area contributed by atoms with Gasteiger partial charge in [-0.1, -0.05) is 62.7 Å². The first-order valence-corrected chi connectivity index (χ1v) is 16.2. The van der Waals surface area contributed by atoms with Gasteiger partial charge in [-0.05, 0) is 73.7 Å². The molecule has 5 rings (SSSR count). The van der Waals surface area contributed by atoms with E-state index in [-0.39, 0.29) is 17.3 Å². The third-order valence-corrected chi connectivity index (χ3v) is 8.84. The normalized spacial score (nSPS) is 14.0. The Morgan fingerprint density at radius 3 is 2.36 bits per heavy atom. The molecule has 0 aliphatic carbocycles. The maximum atomic E-state index is 13.3. The summed E-state index contributed by atoms with van der Waals surface area (Å²) in [6.07, 6.45) is 5.72. The Kier molecular flexibility index (Phi) is 10.8. The second kappa shape index (κ2) is 15.1. The van der Waals surface area contributed by atoms with E-state index in [9.17, 15) is 9.59 Å². The van der Waals surface area contributed by atoms with Crippen LogP contribution in [0.1, 0.15) is 53.7 Å². The van der Waals surface area contributed by atoms with Crippen LogP contribution in [0.25, 0.3) is 11.3 Å². The number of carbonyl (C=O) groups excluding carboxylic acids is 1. The van der Waals surface area contributed by atoms with Crippen molar-refractivity contribution in [2.45, 2.75) is 46.5 Å². The number of hydrogen-bond donors (Lipinski definition) is 2. The Bertz CT molecular complexity index is 1650. The van der Waals surface area contributed by atoms with Gasteiger partial charge in [0.1, 0.15) is 0 Å². The maximum absolute atomic E-state index is 13.3. The Hall–Kier alpha value is -4.27. The summed E-state index contributed by atoms with van der Waals surface area (Å²) in [5, 5.41) is 6.37. The molecule has 3 aromatic carbocycles. The molecule has 0 spiro atoms. The van der Waals surface area contributed by atoms with Crippen LogP contribution in [0.2, 0.25) is 0 Å². The van der Waals surface area contributed by atoms with Crippen molar-refractivity contribution in [3.05, 3.63) is 106 Å². The number of unbranched alkanes of at least 4 members (excludes halogenated alkanes) is 1. The summed E-state index contributed by atoms with van der Waals surface area (Å²) in [4.78, 5) is 36.2. The molecule has 1 amide bonds. The molecule has 0 saturated carbocycles. The van der Waals surface area contributed by atoms with Gasteiger partial charge < -0.3 is 25.0 Å². The number of aryl methyl sites for hydroxylation is 2. The van der Waals surface area contributed by atoms with Crippen LogP contribution in [-0.2, 0) is 19.9 Å².